The van der Waals surface area contributed by atoms with Crippen molar-refractivity contribution in [2.24, 2.45) is 0 Å². The topological polar surface area (TPSA) is 98.4 Å². The minimum absolute atomic E-state index is 0.0111. The van der Waals surface area contributed by atoms with Crippen LogP contribution in [0, 0.1) is 11.6 Å². The van der Waals surface area contributed by atoms with Gasteiger partial charge in [0.1, 0.15) is 17.3 Å². The van der Waals surface area contributed by atoms with E-state index in [1.165, 1.54) is 29.2 Å². The van der Waals surface area contributed by atoms with Crippen molar-refractivity contribution in [3.63, 3.8) is 0 Å². The lowest BCUT2D eigenvalue weighted by atomic mass is 10.0. The Labute approximate surface area is 207 Å². The normalized spacial score (nSPS) is 14.0. The van der Waals surface area contributed by atoms with Gasteiger partial charge in [0, 0.05) is 31.7 Å². The zero-order chi connectivity index (χ0) is 26.7. The molecule has 13 heteroatoms. The largest absolute Gasteiger partial charge is 0.417 e. The summed E-state index contributed by atoms with van der Waals surface area (Å²) in [6, 6.07) is 8.92. The number of carbonyl (C=O) groups is 3. The fourth-order valence-electron chi connectivity index (χ4n) is 3.88. The first-order valence-corrected chi connectivity index (χ1v) is 11.1. The minimum atomic E-state index is -4.83. The van der Waals surface area contributed by atoms with Crippen LogP contribution in [0.1, 0.15) is 26.4 Å². The Morgan fingerprint density at radius 1 is 0.946 bits per heavy atom. The summed E-state index contributed by atoms with van der Waals surface area (Å²) < 4.78 is 67.2. The van der Waals surface area contributed by atoms with Gasteiger partial charge in [-0.05, 0) is 36.4 Å². The van der Waals surface area contributed by atoms with E-state index >= 15 is 0 Å². The molecule has 1 aliphatic heterocycles. The second-order valence-electron chi connectivity index (χ2n) is 8.19. The first-order chi connectivity index (χ1) is 17.5. The van der Waals surface area contributed by atoms with Crippen LogP contribution in [0.25, 0.3) is 11.3 Å². The van der Waals surface area contributed by atoms with Gasteiger partial charge in [-0.2, -0.15) is 18.3 Å². The molecule has 0 saturated carbocycles. The van der Waals surface area contributed by atoms with Gasteiger partial charge in [0.15, 0.2) is 0 Å². The maximum absolute atomic E-state index is 13.9. The molecule has 37 heavy (non-hydrogen) atoms. The van der Waals surface area contributed by atoms with Crippen LogP contribution in [0.3, 0.4) is 0 Å². The third-order valence-electron chi connectivity index (χ3n) is 5.81. The van der Waals surface area contributed by atoms with E-state index < -0.39 is 46.7 Å². The number of nitrogens with zero attached hydrogens (tertiary/aromatic N) is 3. The molecule has 0 atom stereocenters. The minimum Gasteiger partial charge on any atom is -0.342 e. The molecule has 1 aliphatic rings. The van der Waals surface area contributed by atoms with Crippen molar-refractivity contribution in [1.82, 2.24) is 25.3 Å². The van der Waals surface area contributed by atoms with Crippen LogP contribution >= 0.6 is 0 Å². The van der Waals surface area contributed by atoms with Crippen molar-refractivity contribution >= 4 is 17.7 Å². The van der Waals surface area contributed by atoms with Crippen LogP contribution in [-0.2, 0) is 11.0 Å². The molecule has 2 aromatic carbocycles. The van der Waals surface area contributed by atoms with E-state index in [1.807, 2.05) is 0 Å². The highest BCUT2D eigenvalue weighted by Gasteiger charge is 2.37. The highest BCUT2D eigenvalue weighted by molar-refractivity contribution is 5.97. The number of nitrogens with one attached hydrogen (secondary N) is 2. The number of aromatic nitrogens is 2. The Morgan fingerprint density at radius 2 is 1.62 bits per heavy atom. The molecule has 1 aromatic heterocycles. The first-order valence-electron chi connectivity index (χ1n) is 11.1. The van der Waals surface area contributed by atoms with Crippen LogP contribution < -0.4 is 5.32 Å². The number of amides is 3. The summed E-state index contributed by atoms with van der Waals surface area (Å²) in [5, 5.41) is 8.82. The SMILES string of the molecule is O=C(NCC(=O)N1CCN(C(=O)c2cc(F)ccc2C(F)(F)F)CC1)c1cc(-c2ccccc2F)n[nH]1. The lowest BCUT2D eigenvalue weighted by Gasteiger charge is -2.35. The Kier molecular flexibility index (Phi) is 7.23. The summed E-state index contributed by atoms with van der Waals surface area (Å²) in [6.07, 6.45) is -4.83. The lowest BCUT2D eigenvalue weighted by molar-refractivity contribution is -0.138. The van der Waals surface area contributed by atoms with E-state index in [2.05, 4.69) is 15.5 Å². The molecule has 3 amide bonds. The molecule has 0 aliphatic carbocycles. The molecule has 3 aromatic rings. The summed E-state index contributed by atoms with van der Waals surface area (Å²) in [5.74, 6) is -3.60. The molecule has 0 spiro atoms. The van der Waals surface area contributed by atoms with Gasteiger partial charge in [0.05, 0.1) is 23.4 Å². The van der Waals surface area contributed by atoms with Crippen molar-refractivity contribution in [3.05, 3.63) is 77.0 Å². The summed E-state index contributed by atoms with van der Waals surface area (Å²) >= 11 is 0. The molecule has 2 N–H and O–H groups in total. The molecular weight excluding hydrogens is 501 g/mol. The quantitative estimate of drug-likeness (QED) is 0.505. The van der Waals surface area contributed by atoms with Gasteiger partial charge in [-0.25, -0.2) is 8.78 Å². The Bertz CT molecular complexity index is 1330. The standard InChI is InChI=1S/C24H20F5N5O3/c25-14-5-6-17(24(27,28)29)16(11-14)23(37)34-9-7-33(8-10-34)21(35)13-30-22(36)20-12-19(31-32-20)15-3-1-2-4-18(15)26/h1-6,11-12H,7-10,13H2,(H,30,36)(H,31,32). The highest BCUT2D eigenvalue weighted by Crippen LogP contribution is 2.33. The highest BCUT2D eigenvalue weighted by atomic mass is 19.4. The van der Waals surface area contributed by atoms with E-state index in [0.29, 0.717) is 18.2 Å². The summed E-state index contributed by atoms with van der Waals surface area (Å²) in [7, 11) is 0. The van der Waals surface area contributed by atoms with Crippen LogP contribution in [0.15, 0.2) is 48.5 Å². The number of hydrogen-bond acceptors (Lipinski definition) is 4. The first kappa shape index (κ1) is 25.8. The Hall–Kier alpha value is -4.29. The maximum Gasteiger partial charge on any atom is 0.417 e. The number of piperazine rings is 1. The number of hydrogen-bond donors (Lipinski definition) is 2. The summed E-state index contributed by atoms with van der Waals surface area (Å²) in [6.45, 7) is -0.502. The number of H-pyrrole nitrogens is 1. The number of halogens is 5. The lowest BCUT2D eigenvalue weighted by Crippen LogP contribution is -2.52. The molecular formula is C24H20F5N5O3. The second kappa shape index (κ2) is 10.4. The molecule has 0 bridgehead atoms. The van der Waals surface area contributed by atoms with E-state index in [1.54, 1.807) is 6.07 Å². The number of rotatable bonds is 5. The number of aromatic amines is 1. The average molecular weight is 521 g/mol. The number of alkyl halides is 3. The van der Waals surface area contributed by atoms with Gasteiger partial charge in [-0.15, -0.1) is 0 Å². The fourth-order valence-corrected chi connectivity index (χ4v) is 3.88. The molecule has 0 radical (unpaired) electrons. The third kappa shape index (κ3) is 5.76. The van der Waals surface area contributed by atoms with Gasteiger partial charge < -0.3 is 15.1 Å². The van der Waals surface area contributed by atoms with Gasteiger partial charge in [-0.1, -0.05) is 12.1 Å². The molecule has 1 fully saturated rings. The molecule has 4 rings (SSSR count). The van der Waals surface area contributed by atoms with Crippen LogP contribution in [-0.4, -0.2) is 70.4 Å². The van der Waals surface area contributed by atoms with E-state index in [-0.39, 0.29) is 49.7 Å². The van der Waals surface area contributed by atoms with Crippen molar-refractivity contribution in [3.8, 4) is 11.3 Å². The second-order valence-corrected chi connectivity index (χ2v) is 8.19. The predicted molar refractivity (Wildman–Crippen MR) is 120 cm³/mol. The van der Waals surface area contributed by atoms with E-state index in [9.17, 15) is 36.3 Å². The molecule has 8 nitrogen and oxygen atoms in total. The smallest absolute Gasteiger partial charge is 0.342 e. The number of benzene rings is 2. The predicted octanol–water partition coefficient (Wildman–Crippen LogP) is 3.09. The van der Waals surface area contributed by atoms with Crippen molar-refractivity contribution in [2.75, 3.05) is 32.7 Å². The molecule has 0 unspecified atom stereocenters. The maximum atomic E-state index is 13.9. The van der Waals surface area contributed by atoms with Crippen molar-refractivity contribution < 1.29 is 36.3 Å². The number of carbonyl (C=O) groups excluding carboxylic acids is 3. The zero-order valence-electron chi connectivity index (χ0n) is 19.1. The van der Waals surface area contributed by atoms with E-state index in [4.69, 9.17) is 0 Å². The summed E-state index contributed by atoms with van der Waals surface area (Å²) in [5.41, 5.74) is -1.62. The van der Waals surface area contributed by atoms with Crippen molar-refractivity contribution in [1.29, 1.82) is 0 Å². The average Bonchev–Trinajstić information content (AvgIpc) is 3.36. The van der Waals surface area contributed by atoms with Gasteiger partial charge >= 0.3 is 6.18 Å². The van der Waals surface area contributed by atoms with Crippen LogP contribution in [0.5, 0.6) is 0 Å². The van der Waals surface area contributed by atoms with Gasteiger partial charge in [0.2, 0.25) is 5.91 Å². The van der Waals surface area contributed by atoms with Crippen LogP contribution in [0.2, 0.25) is 0 Å². The monoisotopic (exact) mass is 521 g/mol. The van der Waals surface area contributed by atoms with E-state index in [0.717, 1.165) is 4.90 Å². The zero-order valence-corrected chi connectivity index (χ0v) is 19.1. The van der Waals surface area contributed by atoms with Crippen LogP contribution in [0.4, 0.5) is 22.0 Å². The Balaban J connectivity index is 1.31. The molecule has 194 valence electrons. The van der Waals surface area contributed by atoms with Crippen molar-refractivity contribution in [2.45, 2.75) is 6.18 Å². The van der Waals surface area contributed by atoms with Gasteiger partial charge in [-0.3, -0.25) is 19.5 Å². The molecule has 2 heterocycles. The Morgan fingerprint density at radius 3 is 2.30 bits per heavy atom. The molecule has 1 saturated heterocycles. The fraction of sp³-hybridized carbons (Fsp3) is 0.250. The van der Waals surface area contributed by atoms with Gasteiger partial charge in [0.25, 0.3) is 11.8 Å². The summed E-state index contributed by atoms with van der Waals surface area (Å²) in [4.78, 5) is 40.0. The third-order valence-corrected chi connectivity index (χ3v) is 5.81.